The molecule has 3 aromatic rings. The molecule has 192 valence electrons. The lowest BCUT2D eigenvalue weighted by atomic mass is 10.3. The molecular weight excluding hydrogens is 524 g/mol. The number of amides is 2. The lowest BCUT2D eigenvalue weighted by Gasteiger charge is -2.10. The zero-order chi connectivity index (χ0) is 26.4. The molecule has 2 aromatic carbocycles. The highest BCUT2D eigenvalue weighted by molar-refractivity contribution is 8.00. The number of hydrogen-bond donors (Lipinski definition) is 3. The van der Waals surface area contributed by atoms with Crippen molar-refractivity contribution in [3.05, 3.63) is 66.4 Å². The van der Waals surface area contributed by atoms with Crippen molar-refractivity contribution in [1.29, 1.82) is 0 Å². The van der Waals surface area contributed by atoms with Gasteiger partial charge in [-0.2, -0.15) is 0 Å². The Kier molecular flexibility index (Phi) is 7.91. The summed E-state index contributed by atoms with van der Waals surface area (Å²) in [5, 5.41) is 10.5. The van der Waals surface area contributed by atoms with Gasteiger partial charge in [-0.05, 0) is 42.5 Å². The van der Waals surface area contributed by atoms with Crippen LogP contribution in [0.5, 0.6) is 11.5 Å². The molecule has 1 aromatic heterocycles. The first kappa shape index (κ1) is 25.9. The van der Waals surface area contributed by atoms with Crippen molar-refractivity contribution in [2.75, 3.05) is 29.8 Å². The summed E-state index contributed by atoms with van der Waals surface area (Å²) in [7, 11) is -3.94. The molecule has 0 unspecified atom stereocenters. The number of benzene rings is 2. The number of primary sulfonamides is 1. The van der Waals surface area contributed by atoms with E-state index in [2.05, 4.69) is 15.6 Å². The molecule has 0 saturated carbocycles. The fourth-order valence-electron chi connectivity index (χ4n) is 3.12. The molecule has 4 N–H and O–H groups in total. The number of fused-ring (bicyclic) bond motifs is 1. The zero-order valence-corrected chi connectivity index (χ0v) is 20.6. The van der Waals surface area contributed by atoms with Gasteiger partial charge in [-0.3, -0.25) is 9.59 Å². The number of hydrogen-bond acceptors (Lipinski definition) is 10. The van der Waals surface area contributed by atoms with Crippen LogP contribution in [0, 0.1) is 0 Å². The molecule has 1 aliphatic heterocycles. The largest absolute Gasteiger partial charge is 0.454 e. The standard InChI is InChI=1S/C23H20N4O8S2/c24-37(31,32)16-4-1-3-14(9-16)26-20(28)11-33-23(30)17-5-2-8-25-22(17)36-12-21(29)27-15-6-7-18-19(10-15)35-13-34-18/h1-10H,11-13H2,(H,26,28)(H,27,29)(H2,24,31,32). The predicted octanol–water partition coefficient (Wildman–Crippen LogP) is 1.98. The molecule has 4 rings (SSSR count). The maximum absolute atomic E-state index is 12.6. The van der Waals surface area contributed by atoms with E-state index < -0.39 is 28.5 Å². The Labute approximate surface area is 215 Å². The van der Waals surface area contributed by atoms with E-state index in [1.807, 2.05) is 0 Å². The van der Waals surface area contributed by atoms with Gasteiger partial charge < -0.3 is 24.8 Å². The lowest BCUT2D eigenvalue weighted by Crippen LogP contribution is -2.22. The van der Waals surface area contributed by atoms with Crippen molar-refractivity contribution in [3.63, 3.8) is 0 Å². The molecule has 0 radical (unpaired) electrons. The monoisotopic (exact) mass is 544 g/mol. The zero-order valence-electron chi connectivity index (χ0n) is 19.0. The average Bonchev–Trinajstić information content (AvgIpc) is 3.34. The van der Waals surface area contributed by atoms with Gasteiger partial charge in [0, 0.05) is 23.6 Å². The number of sulfonamides is 1. The molecule has 0 bridgehead atoms. The van der Waals surface area contributed by atoms with Crippen LogP contribution in [-0.4, -0.2) is 50.3 Å². The summed E-state index contributed by atoms with van der Waals surface area (Å²) in [5.41, 5.74) is 0.766. The van der Waals surface area contributed by atoms with Crippen LogP contribution < -0.4 is 25.2 Å². The van der Waals surface area contributed by atoms with Crippen LogP contribution in [0.2, 0.25) is 0 Å². The van der Waals surface area contributed by atoms with Gasteiger partial charge >= 0.3 is 5.97 Å². The van der Waals surface area contributed by atoms with Crippen LogP contribution in [0.3, 0.4) is 0 Å². The second-order valence-corrected chi connectivity index (χ2v) is 9.98. The number of anilines is 2. The second-order valence-electron chi connectivity index (χ2n) is 7.46. The van der Waals surface area contributed by atoms with E-state index in [1.54, 1.807) is 18.2 Å². The van der Waals surface area contributed by atoms with Crippen molar-refractivity contribution in [2.45, 2.75) is 9.92 Å². The third kappa shape index (κ3) is 6.97. The van der Waals surface area contributed by atoms with Gasteiger partial charge in [0.15, 0.2) is 18.1 Å². The topological polar surface area (TPSA) is 176 Å². The van der Waals surface area contributed by atoms with Crippen molar-refractivity contribution in [2.24, 2.45) is 5.14 Å². The van der Waals surface area contributed by atoms with E-state index in [1.165, 1.54) is 42.6 Å². The van der Waals surface area contributed by atoms with Crippen LogP contribution in [-0.2, 0) is 24.3 Å². The smallest absolute Gasteiger partial charge is 0.341 e. The summed E-state index contributed by atoms with van der Waals surface area (Å²) < 4.78 is 38.5. The van der Waals surface area contributed by atoms with Gasteiger partial charge in [0.05, 0.1) is 16.2 Å². The van der Waals surface area contributed by atoms with Gasteiger partial charge in [0.2, 0.25) is 22.7 Å². The number of pyridine rings is 1. The Morgan fingerprint density at radius 2 is 1.73 bits per heavy atom. The van der Waals surface area contributed by atoms with Crippen LogP contribution >= 0.6 is 11.8 Å². The summed E-state index contributed by atoms with van der Waals surface area (Å²) >= 11 is 1.02. The minimum absolute atomic E-state index is 0.0490. The molecule has 0 aliphatic carbocycles. The number of rotatable bonds is 9. The summed E-state index contributed by atoms with van der Waals surface area (Å²) in [6.07, 6.45) is 1.46. The van der Waals surface area contributed by atoms with Crippen LogP contribution in [0.4, 0.5) is 11.4 Å². The summed E-state index contributed by atoms with van der Waals surface area (Å²) in [4.78, 5) is 41.1. The van der Waals surface area contributed by atoms with E-state index in [9.17, 15) is 22.8 Å². The number of esters is 1. The van der Waals surface area contributed by atoms with E-state index in [-0.39, 0.29) is 39.6 Å². The Balaban J connectivity index is 1.30. The normalized spacial score (nSPS) is 12.0. The van der Waals surface area contributed by atoms with Gasteiger partial charge in [0.1, 0.15) is 5.03 Å². The Morgan fingerprint density at radius 1 is 0.973 bits per heavy atom. The molecule has 2 amide bonds. The molecule has 12 nitrogen and oxygen atoms in total. The number of nitrogens with two attached hydrogens (primary N) is 1. The summed E-state index contributed by atoms with van der Waals surface area (Å²) in [6.45, 7) is -0.517. The maximum atomic E-state index is 12.6. The second kappa shape index (κ2) is 11.3. The van der Waals surface area contributed by atoms with E-state index in [0.717, 1.165) is 11.8 Å². The molecule has 0 atom stereocenters. The summed E-state index contributed by atoms with van der Waals surface area (Å²) in [5.74, 6) is -0.778. The van der Waals surface area contributed by atoms with Gasteiger partial charge in [-0.1, -0.05) is 17.8 Å². The third-order valence-corrected chi connectivity index (χ3v) is 6.68. The van der Waals surface area contributed by atoms with E-state index in [0.29, 0.717) is 17.2 Å². The average molecular weight is 545 g/mol. The molecule has 0 saturated heterocycles. The van der Waals surface area contributed by atoms with Crippen molar-refractivity contribution < 1.29 is 37.0 Å². The number of nitrogens with one attached hydrogen (secondary N) is 2. The predicted molar refractivity (Wildman–Crippen MR) is 133 cm³/mol. The number of nitrogens with zero attached hydrogens (tertiary/aromatic N) is 1. The number of carbonyl (C=O) groups is 3. The van der Waals surface area contributed by atoms with Crippen molar-refractivity contribution in [1.82, 2.24) is 4.98 Å². The van der Waals surface area contributed by atoms with E-state index in [4.69, 9.17) is 19.3 Å². The third-order valence-electron chi connectivity index (χ3n) is 4.77. The van der Waals surface area contributed by atoms with Gasteiger partial charge in [-0.15, -0.1) is 0 Å². The molecular formula is C23H20N4O8S2. The van der Waals surface area contributed by atoms with Crippen molar-refractivity contribution in [3.8, 4) is 11.5 Å². The SMILES string of the molecule is NS(=O)(=O)c1cccc(NC(=O)COC(=O)c2cccnc2SCC(=O)Nc2ccc3c(c2)OCO3)c1. The number of carbonyl (C=O) groups excluding carboxylic acids is 3. The Morgan fingerprint density at radius 3 is 2.54 bits per heavy atom. The number of ether oxygens (including phenoxy) is 3. The Bertz CT molecular complexity index is 1460. The lowest BCUT2D eigenvalue weighted by molar-refractivity contribution is -0.119. The highest BCUT2D eigenvalue weighted by atomic mass is 32.2. The van der Waals surface area contributed by atoms with Crippen molar-refractivity contribution >= 4 is 50.9 Å². The van der Waals surface area contributed by atoms with Crippen LogP contribution in [0.1, 0.15) is 10.4 Å². The fourth-order valence-corrected chi connectivity index (χ4v) is 4.46. The minimum atomic E-state index is -3.94. The van der Waals surface area contributed by atoms with Gasteiger partial charge in [-0.25, -0.2) is 23.3 Å². The first-order valence-electron chi connectivity index (χ1n) is 10.6. The molecule has 14 heteroatoms. The van der Waals surface area contributed by atoms with Gasteiger partial charge in [0.25, 0.3) is 5.91 Å². The molecule has 0 spiro atoms. The van der Waals surface area contributed by atoms with Crippen LogP contribution in [0.15, 0.2) is 70.7 Å². The highest BCUT2D eigenvalue weighted by Gasteiger charge is 2.18. The number of aromatic nitrogens is 1. The molecule has 37 heavy (non-hydrogen) atoms. The summed E-state index contributed by atoms with van der Waals surface area (Å²) in [6, 6.07) is 13.3. The quantitative estimate of drug-likeness (QED) is 0.267. The number of thioether (sulfide) groups is 1. The molecule has 1 aliphatic rings. The highest BCUT2D eigenvalue weighted by Crippen LogP contribution is 2.34. The molecule has 0 fully saturated rings. The molecule has 2 heterocycles. The van der Waals surface area contributed by atoms with Crippen LogP contribution in [0.25, 0.3) is 0 Å². The van der Waals surface area contributed by atoms with E-state index >= 15 is 0 Å². The minimum Gasteiger partial charge on any atom is -0.454 e. The first-order chi connectivity index (χ1) is 17.7. The first-order valence-corrected chi connectivity index (χ1v) is 13.1. The Hall–Kier alpha value is -4.14. The maximum Gasteiger partial charge on any atom is 0.341 e. The fraction of sp³-hybridized carbons (Fsp3) is 0.130.